The summed E-state index contributed by atoms with van der Waals surface area (Å²) in [4.78, 5) is 4.51. The van der Waals surface area contributed by atoms with Crippen LogP contribution in [0.3, 0.4) is 0 Å². The fourth-order valence-electron chi connectivity index (χ4n) is 2.30. The predicted octanol–water partition coefficient (Wildman–Crippen LogP) is 2.84. The van der Waals surface area contributed by atoms with Crippen molar-refractivity contribution in [3.05, 3.63) is 29.0 Å². The molecule has 2 aromatic rings. The highest BCUT2D eigenvalue weighted by Crippen LogP contribution is 2.22. The van der Waals surface area contributed by atoms with Crippen LogP contribution < -0.4 is 0 Å². The van der Waals surface area contributed by atoms with Crippen molar-refractivity contribution in [2.45, 2.75) is 18.5 Å². The fourth-order valence-corrected chi connectivity index (χ4v) is 2.67. The highest BCUT2D eigenvalue weighted by molar-refractivity contribution is 6.31. The average molecular weight is 301 g/mol. The summed E-state index contributed by atoms with van der Waals surface area (Å²) < 4.78 is 13.2. The zero-order valence-electron chi connectivity index (χ0n) is 10.3. The zero-order chi connectivity index (χ0) is 13.2. The summed E-state index contributed by atoms with van der Waals surface area (Å²) in [5, 5.41) is 0.690. The summed E-state index contributed by atoms with van der Waals surface area (Å²) in [6.45, 7) is 2.57. The van der Waals surface area contributed by atoms with Crippen LogP contribution >= 0.6 is 23.2 Å². The molecule has 1 aliphatic rings. The van der Waals surface area contributed by atoms with Gasteiger partial charge in [-0.25, -0.2) is 4.98 Å². The van der Waals surface area contributed by atoms with Crippen LogP contribution in [0.15, 0.2) is 18.2 Å². The number of fused-ring (bicyclic) bond motifs is 1. The molecule has 0 amide bonds. The van der Waals surface area contributed by atoms with Gasteiger partial charge in [-0.05, 0) is 18.2 Å². The summed E-state index contributed by atoms with van der Waals surface area (Å²) in [7, 11) is 0. The third kappa shape index (κ3) is 2.72. The second-order valence-corrected chi connectivity index (χ2v) is 5.18. The minimum absolute atomic E-state index is 0.0344. The molecule has 1 aliphatic heterocycles. The number of ether oxygens (including phenoxy) is 2. The molecule has 0 bridgehead atoms. The summed E-state index contributed by atoms with van der Waals surface area (Å²) >= 11 is 12.0. The minimum Gasteiger partial charge on any atom is -0.376 e. The summed E-state index contributed by atoms with van der Waals surface area (Å²) in [5.41, 5.74) is 1.88. The smallest absolute Gasteiger partial charge is 0.124 e. The van der Waals surface area contributed by atoms with Crippen LogP contribution in [-0.4, -0.2) is 35.5 Å². The van der Waals surface area contributed by atoms with Gasteiger partial charge in [0.15, 0.2) is 0 Å². The van der Waals surface area contributed by atoms with Gasteiger partial charge in [-0.3, -0.25) is 0 Å². The molecule has 6 heteroatoms. The highest BCUT2D eigenvalue weighted by atomic mass is 35.5. The normalized spacial score (nSPS) is 20.0. The Morgan fingerprint density at radius 3 is 3.00 bits per heavy atom. The first-order valence-electron chi connectivity index (χ1n) is 6.18. The van der Waals surface area contributed by atoms with Crippen molar-refractivity contribution >= 4 is 34.2 Å². The topological polar surface area (TPSA) is 36.3 Å². The lowest BCUT2D eigenvalue weighted by molar-refractivity contribution is -0.0934. The van der Waals surface area contributed by atoms with Crippen molar-refractivity contribution in [2.24, 2.45) is 0 Å². The Balaban J connectivity index is 1.97. The van der Waals surface area contributed by atoms with Crippen LogP contribution in [0.2, 0.25) is 5.02 Å². The molecule has 1 aromatic heterocycles. The lowest BCUT2D eigenvalue weighted by Crippen LogP contribution is -2.32. The first-order chi connectivity index (χ1) is 9.28. The molecule has 102 valence electrons. The number of alkyl halides is 1. The third-order valence-electron chi connectivity index (χ3n) is 3.18. The molecule has 0 spiro atoms. The van der Waals surface area contributed by atoms with Crippen LogP contribution in [0, 0.1) is 0 Å². The molecule has 0 saturated carbocycles. The number of halogens is 2. The summed E-state index contributed by atoms with van der Waals surface area (Å²) in [6.07, 6.45) is 0.0344. The number of nitrogens with zero attached hydrogens (tertiary/aromatic N) is 2. The number of rotatable bonds is 3. The maximum Gasteiger partial charge on any atom is 0.124 e. The molecule has 3 rings (SSSR count). The van der Waals surface area contributed by atoms with Crippen LogP contribution in [-0.2, 0) is 21.9 Å². The molecule has 1 aromatic carbocycles. The molecule has 1 saturated heterocycles. The first-order valence-corrected chi connectivity index (χ1v) is 7.09. The van der Waals surface area contributed by atoms with Crippen molar-refractivity contribution < 1.29 is 9.47 Å². The summed E-state index contributed by atoms with van der Waals surface area (Å²) in [6, 6.07) is 5.64. The number of hydrogen-bond acceptors (Lipinski definition) is 3. The van der Waals surface area contributed by atoms with E-state index in [1.54, 1.807) is 0 Å². The predicted molar refractivity (Wildman–Crippen MR) is 74.9 cm³/mol. The second kappa shape index (κ2) is 5.67. The van der Waals surface area contributed by atoms with Crippen LogP contribution in [0.25, 0.3) is 11.0 Å². The zero-order valence-corrected chi connectivity index (χ0v) is 11.8. The lowest BCUT2D eigenvalue weighted by Gasteiger charge is -2.24. The van der Waals surface area contributed by atoms with E-state index in [2.05, 4.69) is 9.55 Å². The standard InChI is InChI=1S/C13H14Cl2N2O2/c14-6-13-16-11-2-1-9(15)5-12(11)17(13)7-10-8-18-3-4-19-10/h1-2,5,10H,3-4,6-8H2. The van der Waals surface area contributed by atoms with Crippen molar-refractivity contribution in [2.75, 3.05) is 19.8 Å². The molecule has 4 nitrogen and oxygen atoms in total. The van der Waals surface area contributed by atoms with Crippen molar-refractivity contribution in [3.63, 3.8) is 0 Å². The third-order valence-corrected chi connectivity index (χ3v) is 3.65. The van der Waals surface area contributed by atoms with Crippen molar-refractivity contribution in [1.82, 2.24) is 9.55 Å². The minimum atomic E-state index is 0.0344. The van der Waals surface area contributed by atoms with Crippen LogP contribution in [0.1, 0.15) is 5.82 Å². The van der Waals surface area contributed by atoms with E-state index in [9.17, 15) is 0 Å². The largest absolute Gasteiger partial charge is 0.376 e. The molecule has 1 unspecified atom stereocenters. The molecule has 0 N–H and O–H groups in total. The maximum absolute atomic E-state index is 6.06. The molecular weight excluding hydrogens is 287 g/mol. The fraction of sp³-hybridized carbons (Fsp3) is 0.462. The van der Waals surface area contributed by atoms with E-state index in [1.807, 2.05) is 18.2 Å². The number of imidazole rings is 1. The average Bonchev–Trinajstić information content (AvgIpc) is 2.78. The van der Waals surface area contributed by atoms with Gasteiger partial charge in [0.05, 0.1) is 49.4 Å². The van der Waals surface area contributed by atoms with Gasteiger partial charge in [-0.1, -0.05) is 11.6 Å². The molecule has 1 fully saturated rings. The van der Waals surface area contributed by atoms with E-state index in [0.29, 0.717) is 37.3 Å². The van der Waals surface area contributed by atoms with E-state index < -0.39 is 0 Å². The van der Waals surface area contributed by atoms with Gasteiger partial charge < -0.3 is 14.0 Å². The van der Waals surface area contributed by atoms with Gasteiger partial charge >= 0.3 is 0 Å². The van der Waals surface area contributed by atoms with E-state index in [4.69, 9.17) is 32.7 Å². The SMILES string of the molecule is ClCc1nc2ccc(Cl)cc2n1CC1COCCO1. The quantitative estimate of drug-likeness (QED) is 0.818. The molecular formula is C13H14Cl2N2O2. The van der Waals surface area contributed by atoms with Gasteiger partial charge in [0.2, 0.25) is 0 Å². The molecule has 0 aliphatic carbocycles. The number of hydrogen-bond donors (Lipinski definition) is 0. The maximum atomic E-state index is 6.06. The Hall–Kier alpha value is -0.810. The highest BCUT2D eigenvalue weighted by Gasteiger charge is 2.18. The second-order valence-electron chi connectivity index (χ2n) is 4.47. The molecule has 19 heavy (non-hydrogen) atoms. The summed E-state index contributed by atoms with van der Waals surface area (Å²) in [5.74, 6) is 1.19. The van der Waals surface area contributed by atoms with E-state index in [-0.39, 0.29) is 6.10 Å². The van der Waals surface area contributed by atoms with Gasteiger partial charge in [0, 0.05) is 5.02 Å². The molecule has 2 heterocycles. The first kappa shape index (κ1) is 13.2. The van der Waals surface area contributed by atoms with E-state index >= 15 is 0 Å². The number of benzene rings is 1. The van der Waals surface area contributed by atoms with Crippen LogP contribution in [0.4, 0.5) is 0 Å². The monoisotopic (exact) mass is 300 g/mol. The van der Waals surface area contributed by atoms with Gasteiger partial charge in [-0.15, -0.1) is 11.6 Å². The van der Waals surface area contributed by atoms with E-state index in [1.165, 1.54) is 0 Å². The Bertz CT molecular complexity index is 579. The van der Waals surface area contributed by atoms with E-state index in [0.717, 1.165) is 16.9 Å². The van der Waals surface area contributed by atoms with Gasteiger partial charge in [-0.2, -0.15) is 0 Å². The Labute approximate surface area is 121 Å². The van der Waals surface area contributed by atoms with Gasteiger partial charge in [0.1, 0.15) is 5.82 Å². The Kier molecular flexibility index (Phi) is 3.93. The Morgan fingerprint density at radius 1 is 1.37 bits per heavy atom. The molecule has 0 radical (unpaired) electrons. The molecule has 1 atom stereocenters. The van der Waals surface area contributed by atoms with Crippen molar-refractivity contribution in [1.29, 1.82) is 0 Å². The van der Waals surface area contributed by atoms with Crippen LogP contribution in [0.5, 0.6) is 0 Å². The van der Waals surface area contributed by atoms with Gasteiger partial charge in [0.25, 0.3) is 0 Å². The Morgan fingerprint density at radius 2 is 2.26 bits per heavy atom. The number of aromatic nitrogens is 2. The van der Waals surface area contributed by atoms with Crippen molar-refractivity contribution in [3.8, 4) is 0 Å². The lowest BCUT2D eigenvalue weighted by atomic mass is 10.3.